The van der Waals surface area contributed by atoms with Crippen molar-refractivity contribution in [1.82, 2.24) is 10.2 Å². The number of rotatable bonds is 8. The van der Waals surface area contributed by atoms with Gasteiger partial charge in [0.1, 0.15) is 0 Å². The molecule has 0 aromatic heterocycles. The lowest BCUT2D eigenvalue weighted by atomic mass is 10.1. The van der Waals surface area contributed by atoms with E-state index < -0.39 is 10.1 Å². The second-order valence-electron chi connectivity index (χ2n) is 5.55. The lowest BCUT2D eigenvalue weighted by Gasteiger charge is -2.25. The molecule has 7 heteroatoms. The number of nitrogens with zero attached hydrogens (tertiary/aromatic N) is 1. The van der Waals surface area contributed by atoms with Gasteiger partial charge in [0.25, 0.3) is 10.1 Å². The van der Waals surface area contributed by atoms with Gasteiger partial charge >= 0.3 is 0 Å². The average molecular weight is 326 g/mol. The van der Waals surface area contributed by atoms with Crippen molar-refractivity contribution in [3.05, 3.63) is 35.9 Å². The van der Waals surface area contributed by atoms with Crippen LogP contribution in [-0.4, -0.2) is 51.2 Å². The van der Waals surface area contributed by atoms with Crippen LogP contribution in [0.15, 0.2) is 30.3 Å². The Morgan fingerprint density at radius 1 is 1.32 bits per heavy atom. The van der Waals surface area contributed by atoms with Crippen molar-refractivity contribution < 1.29 is 17.4 Å². The highest BCUT2D eigenvalue weighted by molar-refractivity contribution is 7.85. The minimum atomic E-state index is -3.43. The molecule has 1 heterocycles. The van der Waals surface area contributed by atoms with Crippen LogP contribution in [0.25, 0.3) is 0 Å². The van der Waals surface area contributed by atoms with Crippen molar-refractivity contribution in [2.24, 2.45) is 0 Å². The summed E-state index contributed by atoms with van der Waals surface area (Å²) in [5.41, 5.74) is 1.14. The van der Waals surface area contributed by atoms with E-state index in [0.29, 0.717) is 26.1 Å². The van der Waals surface area contributed by atoms with E-state index in [9.17, 15) is 13.2 Å². The Kier molecular flexibility index (Phi) is 5.93. The van der Waals surface area contributed by atoms with E-state index in [1.54, 1.807) is 0 Å². The van der Waals surface area contributed by atoms with Gasteiger partial charge in [0, 0.05) is 32.1 Å². The molecule has 1 fully saturated rings. The quantitative estimate of drug-likeness (QED) is 0.713. The Hall–Kier alpha value is -1.44. The van der Waals surface area contributed by atoms with Gasteiger partial charge in [-0.15, -0.1) is 0 Å². The molecule has 0 radical (unpaired) electrons. The molecule has 0 unspecified atom stereocenters. The van der Waals surface area contributed by atoms with Gasteiger partial charge in [0.15, 0.2) is 0 Å². The van der Waals surface area contributed by atoms with E-state index in [-0.39, 0.29) is 18.6 Å². The Bertz CT molecular complexity index is 589. The van der Waals surface area contributed by atoms with Crippen molar-refractivity contribution >= 4 is 16.0 Å². The molecule has 22 heavy (non-hydrogen) atoms. The predicted molar refractivity (Wildman–Crippen MR) is 83.7 cm³/mol. The second kappa shape index (κ2) is 7.71. The van der Waals surface area contributed by atoms with Crippen LogP contribution in [-0.2, 0) is 25.6 Å². The summed E-state index contributed by atoms with van der Waals surface area (Å²) in [5.74, 6) is 0.0806. The fraction of sp³-hybridized carbons (Fsp3) is 0.533. The Morgan fingerprint density at radius 2 is 2.05 bits per heavy atom. The van der Waals surface area contributed by atoms with Gasteiger partial charge in [-0.05, 0) is 12.0 Å². The summed E-state index contributed by atoms with van der Waals surface area (Å²) in [5, 5.41) is 2.94. The molecule has 2 rings (SSSR count). The highest BCUT2D eigenvalue weighted by atomic mass is 32.2. The lowest BCUT2D eigenvalue weighted by molar-refractivity contribution is -0.119. The minimum absolute atomic E-state index is 0.0806. The number of hydrogen-bond acceptors (Lipinski definition) is 5. The first-order chi connectivity index (χ1) is 10.4. The maximum absolute atomic E-state index is 11.3. The number of carbonyl (C=O) groups is 1. The van der Waals surface area contributed by atoms with Crippen LogP contribution in [0.4, 0.5) is 0 Å². The standard InChI is InChI=1S/C15H22N2O4S/c1-22(19,20)21-10-9-17(11-13-5-3-2-4-6-13)12-14-7-8-15(18)16-14/h2-6,14H,7-12H2,1H3,(H,16,18)/t14-/m0/s1. The molecule has 0 aliphatic carbocycles. The summed E-state index contributed by atoms with van der Waals surface area (Å²) in [6.07, 6.45) is 2.42. The molecule has 1 atom stereocenters. The van der Waals surface area contributed by atoms with Gasteiger partial charge in [0.05, 0.1) is 12.9 Å². The molecule has 0 bridgehead atoms. The topological polar surface area (TPSA) is 75.7 Å². The molecule has 1 aromatic rings. The van der Waals surface area contributed by atoms with Crippen molar-refractivity contribution in [3.8, 4) is 0 Å². The summed E-state index contributed by atoms with van der Waals surface area (Å²) in [6, 6.07) is 10.1. The van der Waals surface area contributed by atoms with Gasteiger partial charge < -0.3 is 5.32 Å². The SMILES string of the molecule is CS(=O)(=O)OCCN(Cc1ccccc1)C[C@@H]1CCC(=O)N1. The minimum Gasteiger partial charge on any atom is -0.352 e. The third-order valence-electron chi connectivity index (χ3n) is 3.52. The number of nitrogens with one attached hydrogen (secondary N) is 1. The molecule has 6 nitrogen and oxygen atoms in total. The van der Waals surface area contributed by atoms with Crippen LogP contribution in [0, 0.1) is 0 Å². The Morgan fingerprint density at radius 3 is 2.64 bits per heavy atom. The number of hydrogen-bond donors (Lipinski definition) is 1. The number of benzene rings is 1. The molecule has 1 saturated heterocycles. The Labute approximate surface area is 131 Å². The van der Waals surface area contributed by atoms with E-state index in [1.807, 2.05) is 30.3 Å². The first-order valence-electron chi connectivity index (χ1n) is 7.32. The summed E-state index contributed by atoms with van der Waals surface area (Å²) in [4.78, 5) is 13.4. The molecule has 122 valence electrons. The van der Waals surface area contributed by atoms with Gasteiger partial charge in [-0.2, -0.15) is 8.42 Å². The van der Waals surface area contributed by atoms with Crippen LogP contribution in [0.3, 0.4) is 0 Å². The summed E-state index contributed by atoms with van der Waals surface area (Å²) in [6.45, 7) is 1.99. The van der Waals surface area contributed by atoms with Crippen LogP contribution < -0.4 is 5.32 Å². The average Bonchev–Trinajstić information content (AvgIpc) is 2.84. The van der Waals surface area contributed by atoms with Gasteiger partial charge in [-0.25, -0.2) is 0 Å². The van der Waals surface area contributed by atoms with Crippen LogP contribution in [0.5, 0.6) is 0 Å². The molecule has 1 amide bonds. The monoisotopic (exact) mass is 326 g/mol. The van der Waals surface area contributed by atoms with Crippen LogP contribution >= 0.6 is 0 Å². The lowest BCUT2D eigenvalue weighted by Crippen LogP contribution is -2.40. The number of carbonyl (C=O) groups excluding carboxylic acids is 1. The fourth-order valence-electron chi connectivity index (χ4n) is 2.52. The zero-order chi connectivity index (χ0) is 16.0. The van der Waals surface area contributed by atoms with Crippen molar-refractivity contribution in [2.45, 2.75) is 25.4 Å². The third-order valence-corrected chi connectivity index (χ3v) is 4.11. The maximum Gasteiger partial charge on any atom is 0.264 e. The van der Waals surface area contributed by atoms with Gasteiger partial charge in [0.2, 0.25) is 5.91 Å². The molecule has 0 saturated carbocycles. The smallest absolute Gasteiger partial charge is 0.264 e. The van der Waals surface area contributed by atoms with Crippen molar-refractivity contribution in [2.75, 3.05) is 26.0 Å². The first-order valence-corrected chi connectivity index (χ1v) is 9.14. The largest absolute Gasteiger partial charge is 0.352 e. The van der Waals surface area contributed by atoms with E-state index in [0.717, 1.165) is 18.2 Å². The Balaban J connectivity index is 1.92. The molecule has 1 aliphatic rings. The third kappa shape index (κ3) is 6.13. The van der Waals surface area contributed by atoms with E-state index in [1.165, 1.54) is 0 Å². The highest BCUT2D eigenvalue weighted by Gasteiger charge is 2.23. The second-order valence-corrected chi connectivity index (χ2v) is 7.19. The zero-order valence-corrected chi connectivity index (χ0v) is 13.5. The molecular formula is C15H22N2O4S. The molecular weight excluding hydrogens is 304 g/mol. The molecule has 1 N–H and O–H groups in total. The highest BCUT2D eigenvalue weighted by Crippen LogP contribution is 2.11. The van der Waals surface area contributed by atoms with Gasteiger partial charge in [-0.1, -0.05) is 30.3 Å². The van der Waals surface area contributed by atoms with Crippen LogP contribution in [0.2, 0.25) is 0 Å². The maximum atomic E-state index is 11.3. The number of amides is 1. The van der Waals surface area contributed by atoms with E-state index in [4.69, 9.17) is 4.18 Å². The molecule has 0 spiro atoms. The fourth-order valence-corrected chi connectivity index (χ4v) is 2.90. The predicted octanol–water partition coefficient (Wildman–Crippen LogP) is 0.743. The molecule has 1 aromatic carbocycles. The van der Waals surface area contributed by atoms with Crippen molar-refractivity contribution in [1.29, 1.82) is 0 Å². The summed E-state index contributed by atoms with van der Waals surface area (Å²) in [7, 11) is -3.43. The van der Waals surface area contributed by atoms with Crippen LogP contribution in [0.1, 0.15) is 18.4 Å². The first kappa shape index (κ1) is 16.9. The van der Waals surface area contributed by atoms with Crippen molar-refractivity contribution in [3.63, 3.8) is 0 Å². The summed E-state index contributed by atoms with van der Waals surface area (Å²) < 4.78 is 26.9. The van der Waals surface area contributed by atoms with Gasteiger partial charge in [-0.3, -0.25) is 13.9 Å². The zero-order valence-electron chi connectivity index (χ0n) is 12.7. The normalized spacial score (nSPS) is 18.6. The molecule has 1 aliphatic heterocycles. The summed E-state index contributed by atoms with van der Waals surface area (Å²) >= 11 is 0. The van der Waals surface area contributed by atoms with E-state index in [2.05, 4.69) is 10.2 Å². The van der Waals surface area contributed by atoms with E-state index >= 15 is 0 Å².